The third-order valence-electron chi connectivity index (χ3n) is 6.15. The molecule has 0 amide bonds. The number of benzene rings is 2. The fraction of sp³-hybridized carbons (Fsp3) is 0.346. The summed E-state index contributed by atoms with van der Waals surface area (Å²) in [5.41, 5.74) is 3.34. The maximum absolute atomic E-state index is 13.3. The largest absolute Gasteiger partial charge is 0.377 e. The zero-order chi connectivity index (χ0) is 24.4. The number of aromatic nitrogens is 4. The quantitative estimate of drug-likeness (QED) is 0.344. The van der Waals surface area contributed by atoms with E-state index in [1.807, 2.05) is 41.8 Å². The lowest BCUT2D eigenvalue weighted by molar-refractivity contribution is 0.134. The number of hydrogen-bond acceptors (Lipinski definition) is 4. The highest BCUT2D eigenvalue weighted by molar-refractivity contribution is 9.10. The lowest BCUT2D eigenvalue weighted by Crippen LogP contribution is -2.37. The molecule has 4 rings (SSSR count). The van der Waals surface area contributed by atoms with Crippen molar-refractivity contribution in [2.75, 3.05) is 6.61 Å². The van der Waals surface area contributed by atoms with Gasteiger partial charge in [0.05, 0.1) is 6.61 Å². The molecule has 178 valence electrons. The summed E-state index contributed by atoms with van der Waals surface area (Å²) in [6.45, 7) is 5.76. The molecule has 8 heteroatoms. The molecule has 0 N–H and O–H groups in total. The van der Waals surface area contributed by atoms with Crippen molar-refractivity contribution in [2.24, 2.45) is 14.1 Å². The van der Waals surface area contributed by atoms with Crippen molar-refractivity contribution in [2.45, 2.75) is 39.3 Å². The van der Waals surface area contributed by atoms with E-state index in [2.05, 4.69) is 41.1 Å². The number of nitrogens with zero attached hydrogens (tertiary/aromatic N) is 4. The smallest absolute Gasteiger partial charge is 0.332 e. The summed E-state index contributed by atoms with van der Waals surface area (Å²) in [5.74, 6) is 0.713. The Balaban J connectivity index is 1.95. The van der Waals surface area contributed by atoms with Gasteiger partial charge in [-0.25, -0.2) is 9.78 Å². The Hall–Kier alpha value is -2.97. The first-order chi connectivity index (χ1) is 16.3. The van der Waals surface area contributed by atoms with E-state index in [9.17, 15) is 9.59 Å². The summed E-state index contributed by atoms with van der Waals surface area (Å²) in [4.78, 5) is 30.8. The van der Waals surface area contributed by atoms with Gasteiger partial charge in [-0.05, 0) is 42.2 Å². The highest BCUT2D eigenvalue weighted by Crippen LogP contribution is 2.30. The first-order valence-corrected chi connectivity index (χ1v) is 12.2. The van der Waals surface area contributed by atoms with Gasteiger partial charge in [0.15, 0.2) is 11.2 Å². The molecule has 2 aromatic carbocycles. The lowest BCUT2D eigenvalue weighted by atomic mass is 9.94. The predicted molar refractivity (Wildman–Crippen MR) is 137 cm³/mol. The minimum atomic E-state index is -0.386. The van der Waals surface area contributed by atoms with Crippen LogP contribution in [0.5, 0.6) is 0 Å². The molecule has 1 unspecified atom stereocenters. The number of halogens is 1. The van der Waals surface area contributed by atoms with E-state index >= 15 is 0 Å². The first kappa shape index (κ1) is 24.2. The van der Waals surface area contributed by atoms with Crippen LogP contribution in [0, 0.1) is 0 Å². The topological polar surface area (TPSA) is 71.1 Å². The van der Waals surface area contributed by atoms with Gasteiger partial charge in [0.2, 0.25) is 0 Å². The molecule has 1 atom stereocenters. The normalized spacial score (nSPS) is 12.4. The summed E-state index contributed by atoms with van der Waals surface area (Å²) >= 11 is 3.54. The maximum Gasteiger partial charge on any atom is 0.332 e. The molecule has 0 saturated heterocycles. The summed E-state index contributed by atoms with van der Waals surface area (Å²) in [7, 11) is 3.17. The Kier molecular flexibility index (Phi) is 7.19. The lowest BCUT2D eigenvalue weighted by Gasteiger charge is -2.18. The van der Waals surface area contributed by atoms with Crippen molar-refractivity contribution in [3.63, 3.8) is 0 Å². The monoisotopic (exact) mass is 524 g/mol. The average Bonchev–Trinajstić information content (AvgIpc) is 3.20. The van der Waals surface area contributed by atoms with Crippen LogP contribution in [0.1, 0.15) is 48.7 Å². The van der Waals surface area contributed by atoms with Crippen LogP contribution < -0.4 is 11.2 Å². The van der Waals surface area contributed by atoms with E-state index in [-0.39, 0.29) is 17.2 Å². The highest BCUT2D eigenvalue weighted by Gasteiger charge is 2.25. The molecule has 0 bridgehead atoms. The molecule has 0 radical (unpaired) electrons. The average molecular weight is 525 g/mol. The zero-order valence-electron chi connectivity index (χ0n) is 19.9. The van der Waals surface area contributed by atoms with Crippen LogP contribution in [0.4, 0.5) is 0 Å². The van der Waals surface area contributed by atoms with Crippen LogP contribution >= 0.6 is 15.9 Å². The van der Waals surface area contributed by atoms with Crippen LogP contribution in [0.25, 0.3) is 11.2 Å². The SMILES string of the molecule is CCOCc1cccc(C(CC)c2nc3c(c(=O)n(C)c(=O)n3C)n2Cc2cccc(Br)c2)c1. The van der Waals surface area contributed by atoms with Gasteiger partial charge >= 0.3 is 5.69 Å². The molecule has 2 aromatic heterocycles. The van der Waals surface area contributed by atoms with Crippen LogP contribution in [0.3, 0.4) is 0 Å². The second-order valence-electron chi connectivity index (χ2n) is 8.41. The molecule has 0 fully saturated rings. The molecule has 34 heavy (non-hydrogen) atoms. The molecule has 0 spiro atoms. The van der Waals surface area contributed by atoms with Crippen molar-refractivity contribution < 1.29 is 4.74 Å². The molecular weight excluding hydrogens is 496 g/mol. The van der Waals surface area contributed by atoms with Gasteiger partial charge in [-0.2, -0.15) is 0 Å². The minimum absolute atomic E-state index is 0.0547. The van der Waals surface area contributed by atoms with Crippen molar-refractivity contribution >= 4 is 27.1 Å². The molecular formula is C26H29BrN4O3. The van der Waals surface area contributed by atoms with Gasteiger partial charge in [-0.1, -0.05) is 59.3 Å². The van der Waals surface area contributed by atoms with Crippen molar-refractivity contribution in [3.05, 3.63) is 96.4 Å². The number of rotatable bonds is 8. The molecule has 0 aliphatic rings. The molecule has 0 aliphatic carbocycles. The van der Waals surface area contributed by atoms with Gasteiger partial charge in [0, 0.05) is 37.6 Å². The maximum atomic E-state index is 13.3. The molecule has 2 heterocycles. The van der Waals surface area contributed by atoms with Crippen molar-refractivity contribution in [1.29, 1.82) is 0 Å². The fourth-order valence-electron chi connectivity index (χ4n) is 4.39. The van der Waals surface area contributed by atoms with E-state index in [0.717, 1.165) is 38.0 Å². The summed E-state index contributed by atoms with van der Waals surface area (Å²) in [6, 6.07) is 16.3. The van der Waals surface area contributed by atoms with Crippen LogP contribution in [-0.4, -0.2) is 25.3 Å². The third kappa shape index (κ3) is 4.52. The van der Waals surface area contributed by atoms with Crippen LogP contribution in [0.15, 0.2) is 62.6 Å². The van der Waals surface area contributed by atoms with Gasteiger partial charge in [0.1, 0.15) is 5.82 Å². The predicted octanol–water partition coefficient (Wildman–Crippen LogP) is 4.32. The van der Waals surface area contributed by atoms with Crippen molar-refractivity contribution in [1.82, 2.24) is 18.7 Å². The van der Waals surface area contributed by atoms with Gasteiger partial charge in [0.25, 0.3) is 5.56 Å². The molecule has 4 aromatic rings. The Morgan fingerprint density at radius 1 is 1.00 bits per heavy atom. The van der Waals surface area contributed by atoms with Gasteiger partial charge in [-0.15, -0.1) is 0 Å². The Morgan fingerprint density at radius 3 is 2.44 bits per heavy atom. The Morgan fingerprint density at radius 2 is 1.74 bits per heavy atom. The van der Waals surface area contributed by atoms with E-state index < -0.39 is 0 Å². The number of ether oxygens (including phenoxy) is 1. The number of fused-ring (bicyclic) bond motifs is 1. The van der Waals surface area contributed by atoms with E-state index in [1.165, 1.54) is 11.6 Å². The van der Waals surface area contributed by atoms with Gasteiger partial charge in [-0.3, -0.25) is 13.9 Å². The number of aryl methyl sites for hydroxylation is 1. The Bertz CT molecular complexity index is 1450. The standard InChI is InChI=1S/C26H29BrN4O3/c1-5-21(19-11-7-10-18(13-19)16-34-6-2)23-28-24-22(25(32)30(4)26(33)29(24)3)31(23)15-17-9-8-12-20(27)14-17/h7-14,21H,5-6,15-16H2,1-4H3. The third-order valence-corrected chi connectivity index (χ3v) is 6.65. The molecule has 0 aliphatic heterocycles. The Labute approximate surface area is 206 Å². The summed E-state index contributed by atoms with van der Waals surface area (Å²) < 4.78 is 11.1. The second kappa shape index (κ2) is 10.1. The summed E-state index contributed by atoms with van der Waals surface area (Å²) in [5, 5.41) is 0. The van der Waals surface area contributed by atoms with E-state index in [0.29, 0.717) is 30.9 Å². The fourth-order valence-corrected chi connectivity index (χ4v) is 4.84. The number of hydrogen-bond donors (Lipinski definition) is 0. The first-order valence-electron chi connectivity index (χ1n) is 11.4. The zero-order valence-corrected chi connectivity index (χ0v) is 21.5. The highest BCUT2D eigenvalue weighted by atomic mass is 79.9. The van der Waals surface area contributed by atoms with Crippen LogP contribution in [-0.2, 0) is 32.0 Å². The van der Waals surface area contributed by atoms with E-state index in [1.54, 1.807) is 7.05 Å². The van der Waals surface area contributed by atoms with Crippen LogP contribution in [0.2, 0.25) is 0 Å². The van der Waals surface area contributed by atoms with Crippen molar-refractivity contribution in [3.8, 4) is 0 Å². The van der Waals surface area contributed by atoms with Gasteiger partial charge < -0.3 is 9.30 Å². The number of imidazole rings is 1. The van der Waals surface area contributed by atoms with E-state index in [4.69, 9.17) is 9.72 Å². The summed E-state index contributed by atoms with van der Waals surface area (Å²) in [6.07, 6.45) is 0.786. The molecule has 7 nitrogen and oxygen atoms in total. The second-order valence-corrected chi connectivity index (χ2v) is 9.32. The minimum Gasteiger partial charge on any atom is -0.377 e. The molecule has 0 saturated carbocycles.